The molecular formula is C19H21N3O3. The van der Waals surface area contributed by atoms with E-state index in [1.807, 2.05) is 30.3 Å². The summed E-state index contributed by atoms with van der Waals surface area (Å²) < 4.78 is 5.16. The fourth-order valence-corrected chi connectivity index (χ4v) is 2.98. The SMILES string of the molecule is COc1ncccc1CNC(=O)CC[C@@H]1Cc2ccccc2NC1=O. The third-order valence-corrected chi connectivity index (χ3v) is 4.35. The number of para-hydroxylation sites is 1. The second-order valence-corrected chi connectivity index (χ2v) is 6.03. The molecule has 0 radical (unpaired) electrons. The number of nitrogens with one attached hydrogen (secondary N) is 2. The normalized spacial score (nSPS) is 15.9. The summed E-state index contributed by atoms with van der Waals surface area (Å²) in [5.41, 5.74) is 2.81. The van der Waals surface area contributed by atoms with Crippen molar-refractivity contribution >= 4 is 17.5 Å². The highest BCUT2D eigenvalue weighted by Crippen LogP contribution is 2.27. The third kappa shape index (κ3) is 4.15. The number of benzene rings is 1. The number of aromatic nitrogens is 1. The second-order valence-electron chi connectivity index (χ2n) is 6.03. The number of carbonyl (C=O) groups excluding carboxylic acids is 2. The van der Waals surface area contributed by atoms with E-state index in [1.54, 1.807) is 19.4 Å². The van der Waals surface area contributed by atoms with E-state index in [1.165, 1.54) is 0 Å². The first kappa shape index (κ1) is 17.0. The number of rotatable bonds is 6. The molecule has 0 bridgehead atoms. The Balaban J connectivity index is 1.50. The molecule has 0 saturated heterocycles. The van der Waals surface area contributed by atoms with Crippen molar-refractivity contribution in [3.63, 3.8) is 0 Å². The summed E-state index contributed by atoms with van der Waals surface area (Å²) in [7, 11) is 1.55. The molecule has 6 nitrogen and oxygen atoms in total. The van der Waals surface area contributed by atoms with Crippen LogP contribution in [0.1, 0.15) is 24.0 Å². The molecule has 0 fully saturated rings. The Morgan fingerprint density at radius 1 is 1.32 bits per heavy atom. The maximum Gasteiger partial charge on any atom is 0.227 e. The van der Waals surface area contributed by atoms with Gasteiger partial charge in [-0.25, -0.2) is 4.98 Å². The number of fused-ring (bicyclic) bond motifs is 1. The predicted molar refractivity (Wildman–Crippen MR) is 94.1 cm³/mol. The summed E-state index contributed by atoms with van der Waals surface area (Å²) in [6.45, 7) is 0.357. The number of pyridine rings is 1. The Kier molecular flexibility index (Phi) is 5.28. The molecule has 2 amide bonds. The first-order chi connectivity index (χ1) is 12.2. The van der Waals surface area contributed by atoms with Gasteiger partial charge in [0.15, 0.2) is 0 Å². The van der Waals surface area contributed by atoms with Crippen LogP contribution < -0.4 is 15.4 Å². The van der Waals surface area contributed by atoms with Crippen LogP contribution in [-0.4, -0.2) is 23.9 Å². The minimum Gasteiger partial charge on any atom is -0.481 e. The number of nitrogens with zero attached hydrogens (tertiary/aromatic N) is 1. The Morgan fingerprint density at radius 2 is 2.16 bits per heavy atom. The van der Waals surface area contributed by atoms with Crippen LogP contribution in [0, 0.1) is 5.92 Å². The number of methoxy groups -OCH3 is 1. The van der Waals surface area contributed by atoms with Gasteiger partial charge >= 0.3 is 0 Å². The van der Waals surface area contributed by atoms with Gasteiger partial charge in [0.25, 0.3) is 0 Å². The van der Waals surface area contributed by atoms with E-state index in [2.05, 4.69) is 15.6 Å². The molecule has 0 spiro atoms. The molecule has 6 heteroatoms. The summed E-state index contributed by atoms with van der Waals surface area (Å²) in [4.78, 5) is 28.4. The summed E-state index contributed by atoms with van der Waals surface area (Å²) in [6, 6.07) is 11.4. The highest BCUT2D eigenvalue weighted by Gasteiger charge is 2.26. The van der Waals surface area contributed by atoms with Crippen molar-refractivity contribution in [1.29, 1.82) is 0 Å². The van der Waals surface area contributed by atoms with E-state index in [0.29, 0.717) is 31.7 Å². The minimum absolute atomic E-state index is 0.0135. The van der Waals surface area contributed by atoms with Crippen molar-refractivity contribution in [2.24, 2.45) is 5.92 Å². The Bertz CT molecular complexity index is 776. The van der Waals surface area contributed by atoms with Gasteiger partial charge in [-0.1, -0.05) is 24.3 Å². The summed E-state index contributed by atoms with van der Waals surface area (Å²) in [6.07, 6.45) is 3.15. The van der Waals surface area contributed by atoms with Crippen molar-refractivity contribution in [1.82, 2.24) is 10.3 Å². The van der Waals surface area contributed by atoms with Crippen LogP contribution in [0.15, 0.2) is 42.6 Å². The maximum atomic E-state index is 12.2. The molecule has 25 heavy (non-hydrogen) atoms. The zero-order chi connectivity index (χ0) is 17.6. The number of anilines is 1. The topological polar surface area (TPSA) is 80.3 Å². The average molecular weight is 339 g/mol. The molecule has 1 aromatic heterocycles. The van der Waals surface area contributed by atoms with Gasteiger partial charge in [0.2, 0.25) is 17.7 Å². The molecule has 1 aliphatic heterocycles. The fourth-order valence-electron chi connectivity index (χ4n) is 2.98. The standard InChI is InChI=1S/C19H21N3O3/c1-25-19-15(6-4-10-20-19)12-21-17(23)9-8-14-11-13-5-2-3-7-16(13)22-18(14)24/h2-7,10,14H,8-9,11-12H2,1H3,(H,21,23)(H,22,24)/t14-/m1/s1. The zero-order valence-electron chi connectivity index (χ0n) is 14.1. The van der Waals surface area contributed by atoms with Crippen molar-refractivity contribution in [2.75, 3.05) is 12.4 Å². The highest BCUT2D eigenvalue weighted by molar-refractivity contribution is 5.96. The van der Waals surface area contributed by atoms with Crippen molar-refractivity contribution in [2.45, 2.75) is 25.8 Å². The molecule has 2 N–H and O–H groups in total. The smallest absolute Gasteiger partial charge is 0.227 e. The van der Waals surface area contributed by atoms with Crippen LogP contribution in [0.5, 0.6) is 5.88 Å². The molecule has 0 saturated carbocycles. The minimum atomic E-state index is -0.173. The van der Waals surface area contributed by atoms with Gasteiger partial charge in [-0.15, -0.1) is 0 Å². The fraction of sp³-hybridized carbons (Fsp3) is 0.316. The number of hydrogen-bond donors (Lipinski definition) is 2. The van der Waals surface area contributed by atoms with Crippen LogP contribution in [0.25, 0.3) is 0 Å². The van der Waals surface area contributed by atoms with E-state index < -0.39 is 0 Å². The van der Waals surface area contributed by atoms with E-state index in [9.17, 15) is 9.59 Å². The van der Waals surface area contributed by atoms with Gasteiger partial charge < -0.3 is 15.4 Å². The highest BCUT2D eigenvalue weighted by atomic mass is 16.5. The van der Waals surface area contributed by atoms with E-state index in [-0.39, 0.29) is 17.7 Å². The number of hydrogen-bond acceptors (Lipinski definition) is 4. The second kappa shape index (κ2) is 7.79. The largest absolute Gasteiger partial charge is 0.481 e. The molecule has 0 aliphatic carbocycles. The first-order valence-electron chi connectivity index (χ1n) is 8.30. The van der Waals surface area contributed by atoms with E-state index >= 15 is 0 Å². The van der Waals surface area contributed by atoms with E-state index in [0.717, 1.165) is 16.8 Å². The van der Waals surface area contributed by atoms with Gasteiger partial charge in [0.05, 0.1) is 7.11 Å². The molecular weight excluding hydrogens is 318 g/mol. The van der Waals surface area contributed by atoms with Gasteiger partial charge in [0, 0.05) is 36.3 Å². The number of amides is 2. The Labute approximate surface area is 146 Å². The van der Waals surface area contributed by atoms with Crippen molar-refractivity contribution in [3.8, 4) is 5.88 Å². The number of ether oxygens (including phenoxy) is 1. The Morgan fingerprint density at radius 3 is 3.00 bits per heavy atom. The lowest BCUT2D eigenvalue weighted by Crippen LogP contribution is -2.31. The van der Waals surface area contributed by atoms with Gasteiger partial charge in [-0.3, -0.25) is 9.59 Å². The zero-order valence-corrected chi connectivity index (χ0v) is 14.1. The molecule has 3 rings (SSSR count). The first-order valence-corrected chi connectivity index (χ1v) is 8.30. The van der Waals surface area contributed by atoms with Gasteiger partial charge in [0.1, 0.15) is 0 Å². The Hall–Kier alpha value is -2.89. The van der Waals surface area contributed by atoms with E-state index in [4.69, 9.17) is 4.74 Å². The van der Waals surface area contributed by atoms with Crippen LogP contribution in [0.2, 0.25) is 0 Å². The van der Waals surface area contributed by atoms with Crippen LogP contribution >= 0.6 is 0 Å². The average Bonchev–Trinajstić information content (AvgIpc) is 2.64. The summed E-state index contributed by atoms with van der Waals surface area (Å²) >= 11 is 0. The molecule has 2 heterocycles. The molecule has 2 aromatic rings. The maximum absolute atomic E-state index is 12.2. The molecule has 1 aromatic carbocycles. The van der Waals surface area contributed by atoms with Crippen molar-refractivity contribution < 1.29 is 14.3 Å². The lowest BCUT2D eigenvalue weighted by Gasteiger charge is -2.24. The van der Waals surface area contributed by atoms with Crippen LogP contribution in [0.3, 0.4) is 0 Å². The van der Waals surface area contributed by atoms with Gasteiger partial charge in [-0.2, -0.15) is 0 Å². The molecule has 0 unspecified atom stereocenters. The predicted octanol–water partition coefficient (Wildman–Crippen LogP) is 2.30. The lowest BCUT2D eigenvalue weighted by atomic mass is 9.89. The molecule has 130 valence electrons. The molecule has 1 aliphatic rings. The summed E-state index contributed by atoms with van der Waals surface area (Å²) in [5.74, 6) is 0.234. The summed E-state index contributed by atoms with van der Waals surface area (Å²) in [5, 5.41) is 5.77. The monoisotopic (exact) mass is 339 g/mol. The van der Waals surface area contributed by atoms with Gasteiger partial charge in [-0.05, 0) is 30.5 Å². The number of carbonyl (C=O) groups is 2. The van der Waals surface area contributed by atoms with Crippen LogP contribution in [0.4, 0.5) is 5.69 Å². The van der Waals surface area contributed by atoms with Crippen molar-refractivity contribution in [3.05, 3.63) is 53.7 Å². The molecule has 1 atom stereocenters. The van der Waals surface area contributed by atoms with Crippen LogP contribution in [-0.2, 0) is 22.6 Å². The lowest BCUT2D eigenvalue weighted by molar-refractivity contribution is -0.122. The quantitative estimate of drug-likeness (QED) is 0.846. The third-order valence-electron chi connectivity index (χ3n) is 4.35.